The Kier molecular flexibility index (Phi) is 4.13. The van der Waals surface area contributed by atoms with Crippen LogP contribution in [0.25, 0.3) is 0 Å². The monoisotopic (exact) mass is 210 g/mol. The van der Waals surface area contributed by atoms with Crippen LogP contribution < -0.4 is 5.32 Å². The van der Waals surface area contributed by atoms with Crippen LogP contribution in [-0.2, 0) is 9.53 Å². The Labute approximate surface area is 91.0 Å². The Morgan fingerprint density at radius 3 is 3.00 bits per heavy atom. The van der Waals surface area contributed by atoms with Crippen molar-refractivity contribution in [3.63, 3.8) is 0 Å². The second-order valence-corrected chi connectivity index (χ2v) is 4.30. The number of ether oxygens (including phenoxy) is 1. The minimum absolute atomic E-state index is 0.0225. The van der Waals surface area contributed by atoms with Crippen molar-refractivity contribution in [2.24, 2.45) is 0 Å². The second-order valence-electron chi connectivity index (χ2n) is 4.30. The van der Waals surface area contributed by atoms with Crippen molar-refractivity contribution in [2.45, 2.75) is 19.4 Å². The van der Waals surface area contributed by atoms with Crippen molar-refractivity contribution < 1.29 is 9.53 Å². The number of carbonyl (C=O) groups is 1. The first kappa shape index (κ1) is 12.0. The van der Waals surface area contributed by atoms with E-state index in [0.717, 1.165) is 13.1 Å². The largest absolute Gasteiger partial charge is 0.373 e. The lowest BCUT2D eigenvalue weighted by atomic mass is 10.1. The minimum Gasteiger partial charge on any atom is -0.373 e. The predicted molar refractivity (Wildman–Crippen MR) is 58.3 cm³/mol. The number of hydrogen-bond acceptors (Lipinski definition) is 3. The number of nitrogens with one attached hydrogen (secondary N) is 1. The predicted octanol–water partition coefficient (Wildman–Crippen LogP) is -0.153. The van der Waals surface area contributed by atoms with Crippen LogP contribution in [0.3, 0.4) is 0 Å². The molecule has 0 atom stereocenters. The van der Waals surface area contributed by atoms with Gasteiger partial charge in [0.25, 0.3) is 0 Å². The third-order valence-electron chi connectivity index (χ3n) is 2.26. The number of morpholine rings is 1. The zero-order chi connectivity index (χ0) is 11.3. The summed E-state index contributed by atoms with van der Waals surface area (Å²) in [6.07, 6.45) is 5.05. The summed E-state index contributed by atoms with van der Waals surface area (Å²) in [4.78, 5) is 13.5. The highest BCUT2D eigenvalue weighted by Gasteiger charge is 2.27. The molecular weight excluding hydrogens is 192 g/mol. The Morgan fingerprint density at radius 1 is 1.67 bits per heavy atom. The zero-order valence-electron chi connectivity index (χ0n) is 9.38. The van der Waals surface area contributed by atoms with Gasteiger partial charge in [-0.3, -0.25) is 9.69 Å². The molecule has 1 fully saturated rings. The van der Waals surface area contributed by atoms with Gasteiger partial charge in [-0.2, -0.15) is 0 Å². The van der Waals surface area contributed by atoms with Crippen LogP contribution >= 0.6 is 0 Å². The van der Waals surface area contributed by atoms with Crippen LogP contribution in [0.1, 0.15) is 13.8 Å². The molecule has 1 amide bonds. The van der Waals surface area contributed by atoms with E-state index in [1.165, 1.54) is 0 Å². The lowest BCUT2D eigenvalue weighted by Gasteiger charge is -2.37. The lowest BCUT2D eigenvalue weighted by Crippen LogP contribution is -2.51. The maximum atomic E-state index is 11.4. The molecule has 0 aromatic rings. The van der Waals surface area contributed by atoms with Crippen LogP contribution in [0.2, 0.25) is 0 Å². The third-order valence-corrected chi connectivity index (χ3v) is 2.26. The molecule has 0 aliphatic carbocycles. The molecule has 15 heavy (non-hydrogen) atoms. The summed E-state index contributed by atoms with van der Waals surface area (Å²) in [6, 6.07) is 0. The van der Waals surface area contributed by atoms with E-state index in [4.69, 9.17) is 11.2 Å². The Bertz CT molecular complexity index is 268. The molecule has 1 heterocycles. The van der Waals surface area contributed by atoms with E-state index in [0.29, 0.717) is 19.7 Å². The third kappa shape index (κ3) is 4.32. The molecule has 4 nitrogen and oxygen atoms in total. The summed E-state index contributed by atoms with van der Waals surface area (Å²) >= 11 is 0. The molecule has 1 saturated heterocycles. The van der Waals surface area contributed by atoms with Crippen LogP contribution in [0.15, 0.2) is 0 Å². The lowest BCUT2D eigenvalue weighted by molar-refractivity contribution is -0.127. The normalized spacial score (nSPS) is 20.6. The Hall–Kier alpha value is -1.05. The standard InChI is InChI=1S/C11H18N2O2/c1-4-5-12-10(14)8-13-6-7-15-11(2,3)9-13/h1H,5-9H2,2-3H3,(H,12,14). The number of amides is 1. The van der Waals surface area contributed by atoms with Gasteiger partial charge in [0.05, 0.1) is 25.3 Å². The fraction of sp³-hybridized carbons (Fsp3) is 0.727. The molecule has 4 heteroatoms. The van der Waals surface area contributed by atoms with Crippen molar-refractivity contribution in [3.8, 4) is 12.3 Å². The van der Waals surface area contributed by atoms with E-state index >= 15 is 0 Å². The fourth-order valence-electron chi connectivity index (χ4n) is 1.66. The molecule has 84 valence electrons. The first-order valence-electron chi connectivity index (χ1n) is 5.10. The van der Waals surface area contributed by atoms with E-state index in [1.54, 1.807) is 0 Å². The quantitative estimate of drug-likeness (QED) is 0.659. The summed E-state index contributed by atoms with van der Waals surface area (Å²) < 4.78 is 5.55. The molecule has 1 N–H and O–H groups in total. The van der Waals surface area contributed by atoms with E-state index in [-0.39, 0.29) is 11.5 Å². The van der Waals surface area contributed by atoms with Gasteiger partial charge in [0.15, 0.2) is 0 Å². The minimum atomic E-state index is -0.162. The van der Waals surface area contributed by atoms with Gasteiger partial charge in [0, 0.05) is 13.1 Å². The smallest absolute Gasteiger partial charge is 0.234 e. The number of hydrogen-bond donors (Lipinski definition) is 1. The zero-order valence-corrected chi connectivity index (χ0v) is 9.38. The summed E-state index contributed by atoms with van der Waals surface area (Å²) in [7, 11) is 0. The summed E-state index contributed by atoms with van der Waals surface area (Å²) in [5.74, 6) is 2.35. The molecule has 0 aromatic carbocycles. The summed E-state index contributed by atoms with van der Waals surface area (Å²) in [5, 5.41) is 2.65. The fourth-order valence-corrected chi connectivity index (χ4v) is 1.66. The van der Waals surface area contributed by atoms with Crippen LogP contribution in [-0.4, -0.2) is 49.2 Å². The highest BCUT2D eigenvalue weighted by Crippen LogP contribution is 2.15. The van der Waals surface area contributed by atoms with Gasteiger partial charge >= 0.3 is 0 Å². The first-order valence-corrected chi connectivity index (χ1v) is 5.10. The van der Waals surface area contributed by atoms with Crippen LogP contribution in [0.5, 0.6) is 0 Å². The van der Waals surface area contributed by atoms with Gasteiger partial charge < -0.3 is 10.1 Å². The number of nitrogens with zero attached hydrogens (tertiary/aromatic N) is 1. The van der Waals surface area contributed by atoms with Crippen LogP contribution in [0, 0.1) is 12.3 Å². The molecule has 0 aromatic heterocycles. The SMILES string of the molecule is C#CCNC(=O)CN1CCOC(C)(C)C1. The first-order chi connectivity index (χ1) is 7.03. The molecular formula is C11H18N2O2. The van der Waals surface area contributed by atoms with Gasteiger partial charge in [0.1, 0.15) is 0 Å². The molecule has 1 rings (SSSR count). The van der Waals surface area contributed by atoms with E-state index < -0.39 is 0 Å². The molecule has 1 aliphatic heterocycles. The van der Waals surface area contributed by atoms with Gasteiger partial charge in [-0.05, 0) is 13.8 Å². The molecule has 0 unspecified atom stereocenters. The average Bonchev–Trinajstić information content (AvgIpc) is 2.13. The maximum absolute atomic E-state index is 11.4. The number of terminal acetylenes is 1. The van der Waals surface area contributed by atoms with Crippen molar-refractivity contribution in [2.75, 3.05) is 32.8 Å². The highest BCUT2D eigenvalue weighted by molar-refractivity contribution is 5.78. The summed E-state index contributed by atoms with van der Waals surface area (Å²) in [5.41, 5.74) is -0.162. The van der Waals surface area contributed by atoms with Gasteiger partial charge in [0.2, 0.25) is 5.91 Å². The number of rotatable bonds is 3. The highest BCUT2D eigenvalue weighted by atomic mass is 16.5. The van der Waals surface area contributed by atoms with E-state index in [2.05, 4.69) is 16.1 Å². The van der Waals surface area contributed by atoms with Crippen LogP contribution in [0.4, 0.5) is 0 Å². The van der Waals surface area contributed by atoms with Gasteiger partial charge in [-0.15, -0.1) is 6.42 Å². The van der Waals surface area contributed by atoms with E-state index in [1.807, 2.05) is 13.8 Å². The van der Waals surface area contributed by atoms with Gasteiger partial charge in [-0.25, -0.2) is 0 Å². The second kappa shape index (κ2) is 5.15. The van der Waals surface area contributed by atoms with Crippen molar-refractivity contribution in [3.05, 3.63) is 0 Å². The average molecular weight is 210 g/mol. The molecule has 1 aliphatic rings. The number of carbonyl (C=O) groups excluding carboxylic acids is 1. The molecule has 0 spiro atoms. The molecule has 0 saturated carbocycles. The van der Waals surface area contributed by atoms with Crippen molar-refractivity contribution >= 4 is 5.91 Å². The van der Waals surface area contributed by atoms with Crippen molar-refractivity contribution in [1.82, 2.24) is 10.2 Å². The van der Waals surface area contributed by atoms with Gasteiger partial charge in [-0.1, -0.05) is 5.92 Å². The Morgan fingerprint density at radius 2 is 2.40 bits per heavy atom. The molecule has 0 bridgehead atoms. The van der Waals surface area contributed by atoms with E-state index in [9.17, 15) is 4.79 Å². The Balaban J connectivity index is 2.32. The summed E-state index contributed by atoms with van der Waals surface area (Å²) in [6.45, 7) is 7.00. The molecule has 0 radical (unpaired) electrons. The topological polar surface area (TPSA) is 41.6 Å². The van der Waals surface area contributed by atoms with Crippen molar-refractivity contribution in [1.29, 1.82) is 0 Å². The maximum Gasteiger partial charge on any atom is 0.234 e.